The highest BCUT2D eigenvalue weighted by Crippen LogP contribution is 2.23. The fraction of sp³-hybridized carbons (Fsp3) is 0.0455. The van der Waals surface area contributed by atoms with Gasteiger partial charge in [0, 0.05) is 21.8 Å². The number of aryl methyl sites for hydroxylation is 1. The maximum atomic E-state index is 12.6. The van der Waals surface area contributed by atoms with E-state index in [0.29, 0.717) is 21.4 Å². The molecule has 0 saturated carbocycles. The molecule has 30 heavy (non-hydrogen) atoms. The average Bonchev–Trinajstić information content (AvgIpc) is 2.70. The molecule has 0 aromatic heterocycles. The lowest BCUT2D eigenvalue weighted by Crippen LogP contribution is -2.13. The highest BCUT2D eigenvalue weighted by atomic mass is 35.5. The Morgan fingerprint density at radius 2 is 1.57 bits per heavy atom. The number of sulfonamides is 1. The van der Waals surface area contributed by atoms with Gasteiger partial charge in [0.2, 0.25) is 5.91 Å². The lowest BCUT2D eigenvalue weighted by atomic mass is 10.2. The van der Waals surface area contributed by atoms with E-state index >= 15 is 0 Å². The van der Waals surface area contributed by atoms with Crippen LogP contribution >= 0.6 is 23.2 Å². The van der Waals surface area contributed by atoms with E-state index in [1.54, 1.807) is 42.5 Å². The number of anilines is 2. The summed E-state index contributed by atoms with van der Waals surface area (Å²) in [4.78, 5) is 12.2. The van der Waals surface area contributed by atoms with E-state index in [1.807, 2.05) is 13.0 Å². The molecule has 2 N–H and O–H groups in total. The third kappa shape index (κ3) is 5.63. The van der Waals surface area contributed by atoms with Gasteiger partial charge in [0.05, 0.1) is 10.6 Å². The first-order valence-corrected chi connectivity index (χ1v) is 11.1. The molecule has 0 heterocycles. The van der Waals surface area contributed by atoms with E-state index in [2.05, 4.69) is 10.0 Å². The summed E-state index contributed by atoms with van der Waals surface area (Å²) in [6.45, 7) is 1.83. The Bertz CT molecular complexity index is 1210. The van der Waals surface area contributed by atoms with Gasteiger partial charge in [0.25, 0.3) is 10.0 Å². The first kappa shape index (κ1) is 21.9. The molecule has 3 aromatic rings. The van der Waals surface area contributed by atoms with E-state index in [-0.39, 0.29) is 10.8 Å². The Balaban J connectivity index is 1.67. The van der Waals surface area contributed by atoms with Crippen LogP contribution in [0.1, 0.15) is 11.1 Å². The summed E-state index contributed by atoms with van der Waals surface area (Å²) in [5.41, 5.74) is 2.40. The lowest BCUT2D eigenvalue weighted by Gasteiger charge is -2.10. The van der Waals surface area contributed by atoms with Gasteiger partial charge < -0.3 is 5.32 Å². The Labute approximate surface area is 185 Å². The molecule has 1 amide bonds. The third-order valence-corrected chi connectivity index (χ3v) is 6.32. The Morgan fingerprint density at radius 1 is 0.900 bits per heavy atom. The summed E-state index contributed by atoms with van der Waals surface area (Å²) in [5.74, 6) is -0.363. The molecule has 5 nitrogen and oxygen atoms in total. The Morgan fingerprint density at radius 3 is 2.23 bits per heavy atom. The van der Waals surface area contributed by atoms with E-state index in [9.17, 15) is 13.2 Å². The summed E-state index contributed by atoms with van der Waals surface area (Å²) in [6, 6.07) is 17.9. The zero-order chi connectivity index (χ0) is 21.7. The fourth-order valence-corrected chi connectivity index (χ4v) is 3.98. The van der Waals surface area contributed by atoms with Crippen molar-refractivity contribution in [3.05, 3.63) is 94.0 Å². The van der Waals surface area contributed by atoms with Crippen LogP contribution < -0.4 is 10.0 Å². The number of benzene rings is 3. The van der Waals surface area contributed by atoms with E-state index in [1.165, 1.54) is 30.3 Å². The largest absolute Gasteiger partial charge is 0.323 e. The number of halogens is 2. The molecule has 0 aliphatic heterocycles. The maximum Gasteiger partial charge on any atom is 0.261 e. The molecule has 0 atom stereocenters. The molecular formula is C22H18Cl2N2O3S. The molecule has 0 bridgehead atoms. The monoisotopic (exact) mass is 460 g/mol. The minimum absolute atomic E-state index is 0.0591. The van der Waals surface area contributed by atoms with Gasteiger partial charge in [-0.05, 0) is 66.6 Å². The second kappa shape index (κ2) is 9.34. The van der Waals surface area contributed by atoms with Gasteiger partial charge in [0.15, 0.2) is 0 Å². The molecular weight excluding hydrogens is 443 g/mol. The zero-order valence-corrected chi connectivity index (χ0v) is 18.2. The van der Waals surface area contributed by atoms with Gasteiger partial charge in [-0.25, -0.2) is 8.42 Å². The number of rotatable bonds is 6. The number of carbonyl (C=O) groups excluding carboxylic acids is 1. The van der Waals surface area contributed by atoms with Crippen LogP contribution in [0.15, 0.2) is 77.7 Å². The van der Waals surface area contributed by atoms with Crippen LogP contribution in [0.3, 0.4) is 0 Å². The van der Waals surface area contributed by atoms with Gasteiger partial charge in [-0.15, -0.1) is 0 Å². The van der Waals surface area contributed by atoms with Crippen molar-refractivity contribution >= 4 is 56.6 Å². The van der Waals surface area contributed by atoms with Gasteiger partial charge in [-0.3, -0.25) is 9.52 Å². The molecule has 0 aliphatic rings. The summed E-state index contributed by atoms with van der Waals surface area (Å²) in [6.07, 6.45) is 2.96. The summed E-state index contributed by atoms with van der Waals surface area (Å²) >= 11 is 12.1. The van der Waals surface area contributed by atoms with Crippen molar-refractivity contribution in [1.29, 1.82) is 0 Å². The molecule has 0 radical (unpaired) electrons. The summed E-state index contributed by atoms with van der Waals surface area (Å²) in [5, 5.41) is 3.68. The second-order valence-corrected chi connectivity index (χ2v) is 8.93. The minimum atomic E-state index is -3.79. The standard InChI is InChI=1S/C22H18Cl2N2O3S/c1-15-6-8-18(14-21(15)24)26-30(28,29)19-11-9-17(10-12-19)25-22(27)13-7-16-4-2-3-5-20(16)23/h2-14,26H,1H3,(H,25,27)/b13-7+. The number of nitrogens with one attached hydrogen (secondary N) is 2. The van der Waals surface area contributed by atoms with Crippen LogP contribution in [0, 0.1) is 6.92 Å². The summed E-state index contributed by atoms with van der Waals surface area (Å²) in [7, 11) is -3.79. The number of amides is 1. The van der Waals surface area contributed by atoms with Gasteiger partial charge >= 0.3 is 0 Å². The van der Waals surface area contributed by atoms with Gasteiger partial charge in [-0.1, -0.05) is 47.5 Å². The van der Waals surface area contributed by atoms with Crippen LogP contribution in [-0.2, 0) is 14.8 Å². The molecule has 0 saturated heterocycles. The zero-order valence-electron chi connectivity index (χ0n) is 15.9. The molecule has 0 aliphatic carbocycles. The van der Waals surface area contributed by atoms with Crippen molar-refractivity contribution in [3.8, 4) is 0 Å². The second-order valence-electron chi connectivity index (χ2n) is 6.44. The average molecular weight is 461 g/mol. The van der Waals surface area contributed by atoms with Gasteiger partial charge in [0.1, 0.15) is 0 Å². The minimum Gasteiger partial charge on any atom is -0.323 e. The smallest absolute Gasteiger partial charge is 0.261 e. The molecule has 0 fully saturated rings. The predicted octanol–water partition coefficient (Wildman–Crippen LogP) is 5.75. The number of hydrogen-bond donors (Lipinski definition) is 2. The van der Waals surface area contributed by atoms with Gasteiger partial charge in [-0.2, -0.15) is 0 Å². The SMILES string of the molecule is Cc1ccc(NS(=O)(=O)c2ccc(NC(=O)/C=C/c3ccccc3Cl)cc2)cc1Cl. The van der Waals surface area contributed by atoms with Crippen LogP contribution in [0.4, 0.5) is 11.4 Å². The molecule has 0 unspecified atom stereocenters. The normalized spacial score (nSPS) is 11.4. The van der Waals surface area contributed by atoms with Crippen molar-refractivity contribution < 1.29 is 13.2 Å². The fourth-order valence-electron chi connectivity index (χ4n) is 2.55. The first-order valence-electron chi connectivity index (χ1n) is 8.87. The van der Waals surface area contributed by atoms with Crippen LogP contribution in [0.5, 0.6) is 0 Å². The lowest BCUT2D eigenvalue weighted by molar-refractivity contribution is -0.111. The van der Waals surface area contributed by atoms with Crippen molar-refractivity contribution in [2.75, 3.05) is 10.0 Å². The first-order chi connectivity index (χ1) is 14.2. The van der Waals surface area contributed by atoms with E-state index in [4.69, 9.17) is 23.2 Å². The highest BCUT2D eigenvalue weighted by molar-refractivity contribution is 7.92. The quantitative estimate of drug-likeness (QED) is 0.459. The molecule has 154 valence electrons. The third-order valence-electron chi connectivity index (χ3n) is 4.18. The predicted molar refractivity (Wildman–Crippen MR) is 123 cm³/mol. The van der Waals surface area contributed by atoms with Crippen LogP contribution in [0.2, 0.25) is 10.0 Å². The summed E-state index contributed by atoms with van der Waals surface area (Å²) < 4.78 is 27.6. The molecule has 8 heteroatoms. The Kier molecular flexibility index (Phi) is 6.82. The van der Waals surface area contributed by atoms with Crippen LogP contribution in [-0.4, -0.2) is 14.3 Å². The van der Waals surface area contributed by atoms with Crippen molar-refractivity contribution in [2.45, 2.75) is 11.8 Å². The number of carbonyl (C=O) groups is 1. The molecule has 0 spiro atoms. The topological polar surface area (TPSA) is 75.3 Å². The molecule has 3 aromatic carbocycles. The maximum absolute atomic E-state index is 12.6. The Hall–Kier alpha value is -2.80. The van der Waals surface area contributed by atoms with Crippen LogP contribution in [0.25, 0.3) is 6.08 Å². The molecule has 3 rings (SSSR count). The van der Waals surface area contributed by atoms with Crippen molar-refractivity contribution in [1.82, 2.24) is 0 Å². The van der Waals surface area contributed by atoms with E-state index < -0.39 is 10.0 Å². The highest BCUT2D eigenvalue weighted by Gasteiger charge is 2.14. The number of hydrogen-bond acceptors (Lipinski definition) is 3. The van der Waals surface area contributed by atoms with E-state index in [0.717, 1.165) is 11.1 Å². The van der Waals surface area contributed by atoms with Crippen molar-refractivity contribution in [3.63, 3.8) is 0 Å². The van der Waals surface area contributed by atoms with Crippen molar-refractivity contribution in [2.24, 2.45) is 0 Å².